The Morgan fingerprint density at radius 1 is 0.781 bits per heavy atom. The Bertz CT molecular complexity index is 1270. The molecule has 0 aliphatic rings. The van der Waals surface area contributed by atoms with E-state index in [1.54, 1.807) is 49.6 Å². The number of fused-ring (bicyclic) bond motifs is 1. The van der Waals surface area contributed by atoms with Gasteiger partial charge in [-0.2, -0.15) is 0 Å². The van der Waals surface area contributed by atoms with Crippen LogP contribution in [0.1, 0.15) is 15.9 Å². The van der Waals surface area contributed by atoms with E-state index in [9.17, 15) is 9.59 Å². The number of anilines is 1. The minimum absolute atomic E-state index is 0.136. The molecular weight excluding hydrogens is 400 g/mol. The molecular formula is C27H22N2O3. The molecule has 0 saturated carbocycles. The second kappa shape index (κ2) is 9.62. The third kappa shape index (κ3) is 4.84. The molecule has 2 N–H and O–H groups in total. The van der Waals surface area contributed by atoms with Crippen LogP contribution in [0.5, 0.6) is 5.75 Å². The summed E-state index contributed by atoms with van der Waals surface area (Å²) >= 11 is 0. The second-order valence-corrected chi connectivity index (χ2v) is 7.13. The molecule has 4 aromatic carbocycles. The summed E-state index contributed by atoms with van der Waals surface area (Å²) in [6.45, 7) is 0. The molecule has 5 heteroatoms. The van der Waals surface area contributed by atoms with Crippen molar-refractivity contribution in [2.75, 3.05) is 12.4 Å². The summed E-state index contributed by atoms with van der Waals surface area (Å²) in [7, 11) is 1.59. The maximum Gasteiger partial charge on any atom is 0.272 e. The number of benzene rings is 4. The van der Waals surface area contributed by atoms with Crippen LogP contribution in [-0.2, 0) is 4.79 Å². The molecule has 0 aliphatic heterocycles. The smallest absolute Gasteiger partial charge is 0.272 e. The van der Waals surface area contributed by atoms with Gasteiger partial charge in [-0.15, -0.1) is 0 Å². The Balaban J connectivity index is 1.66. The van der Waals surface area contributed by atoms with Crippen LogP contribution in [0.2, 0.25) is 0 Å². The molecule has 4 aromatic rings. The summed E-state index contributed by atoms with van der Waals surface area (Å²) in [6, 6.07) is 29.5. The molecule has 0 saturated heterocycles. The van der Waals surface area contributed by atoms with E-state index in [0.29, 0.717) is 17.0 Å². The van der Waals surface area contributed by atoms with Gasteiger partial charge >= 0.3 is 0 Å². The maximum atomic E-state index is 13.2. The monoisotopic (exact) mass is 422 g/mol. The van der Waals surface area contributed by atoms with Crippen LogP contribution < -0.4 is 15.4 Å². The van der Waals surface area contributed by atoms with Gasteiger partial charge in [0.1, 0.15) is 11.4 Å². The van der Waals surface area contributed by atoms with Gasteiger partial charge in [0.2, 0.25) is 0 Å². The first kappa shape index (κ1) is 20.9. The average Bonchev–Trinajstić information content (AvgIpc) is 2.84. The third-order valence-electron chi connectivity index (χ3n) is 4.99. The molecule has 0 fully saturated rings. The van der Waals surface area contributed by atoms with Gasteiger partial charge in [0.25, 0.3) is 11.8 Å². The predicted octanol–water partition coefficient (Wildman–Crippen LogP) is 5.26. The zero-order chi connectivity index (χ0) is 22.3. The molecule has 0 unspecified atom stereocenters. The quantitative estimate of drug-likeness (QED) is 0.417. The topological polar surface area (TPSA) is 67.4 Å². The Labute approximate surface area is 186 Å². The minimum atomic E-state index is -0.415. The van der Waals surface area contributed by atoms with Crippen molar-refractivity contribution in [3.8, 4) is 5.75 Å². The highest BCUT2D eigenvalue weighted by atomic mass is 16.5. The third-order valence-corrected chi connectivity index (χ3v) is 4.99. The molecule has 0 heterocycles. The van der Waals surface area contributed by atoms with Gasteiger partial charge in [0.05, 0.1) is 7.11 Å². The normalized spacial score (nSPS) is 11.1. The lowest BCUT2D eigenvalue weighted by Gasteiger charge is -2.13. The van der Waals surface area contributed by atoms with E-state index in [4.69, 9.17) is 4.74 Å². The van der Waals surface area contributed by atoms with Crippen LogP contribution in [0.15, 0.2) is 103 Å². The highest BCUT2D eigenvalue weighted by Gasteiger charge is 2.16. The van der Waals surface area contributed by atoms with Crippen LogP contribution in [0.3, 0.4) is 0 Å². The second-order valence-electron chi connectivity index (χ2n) is 7.13. The summed E-state index contributed by atoms with van der Waals surface area (Å²) < 4.78 is 5.19. The highest BCUT2D eigenvalue weighted by Crippen LogP contribution is 2.23. The van der Waals surface area contributed by atoms with E-state index >= 15 is 0 Å². The summed E-state index contributed by atoms with van der Waals surface area (Å²) in [5.41, 5.74) is 2.02. The van der Waals surface area contributed by atoms with Crippen molar-refractivity contribution >= 4 is 34.4 Å². The molecule has 0 aromatic heterocycles. The van der Waals surface area contributed by atoms with Gasteiger partial charge in [-0.05, 0) is 47.4 Å². The van der Waals surface area contributed by atoms with Gasteiger partial charge < -0.3 is 15.4 Å². The van der Waals surface area contributed by atoms with Crippen molar-refractivity contribution in [3.63, 3.8) is 0 Å². The average molecular weight is 422 g/mol. The van der Waals surface area contributed by atoms with Crippen LogP contribution in [-0.4, -0.2) is 18.9 Å². The first-order valence-corrected chi connectivity index (χ1v) is 10.2. The number of hydrogen-bond acceptors (Lipinski definition) is 3. The SMILES string of the molecule is COc1ccc(C=C(NC(=O)c2ccccc2)C(=O)Nc2cccc3ccccc23)cc1. The lowest BCUT2D eigenvalue weighted by Crippen LogP contribution is -2.30. The van der Waals surface area contributed by atoms with Gasteiger partial charge in [0, 0.05) is 16.6 Å². The summed E-state index contributed by atoms with van der Waals surface area (Å²) in [5, 5.41) is 7.63. The van der Waals surface area contributed by atoms with Crippen molar-refractivity contribution in [1.29, 1.82) is 0 Å². The molecule has 0 atom stereocenters. The van der Waals surface area contributed by atoms with Crippen molar-refractivity contribution in [1.82, 2.24) is 5.32 Å². The van der Waals surface area contributed by atoms with Crippen LogP contribution >= 0.6 is 0 Å². The molecule has 32 heavy (non-hydrogen) atoms. The fraction of sp³-hybridized carbons (Fsp3) is 0.0370. The predicted molar refractivity (Wildman–Crippen MR) is 127 cm³/mol. The Morgan fingerprint density at radius 3 is 2.22 bits per heavy atom. The van der Waals surface area contributed by atoms with Gasteiger partial charge in [-0.3, -0.25) is 9.59 Å². The van der Waals surface area contributed by atoms with Crippen molar-refractivity contribution in [2.24, 2.45) is 0 Å². The lowest BCUT2D eigenvalue weighted by molar-refractivity contribution is -0.113. The molecule has 158 valence electrons. The number of rotatable bonds is 6. The zero-order valence-corrected chi connectivity index (χ0v) is 17.5. The molecule has 0 spiro atoms. The van der Waals surface area contributed by atoms with E-state index in [1.807, 2.05) is 60.7 Å². The van der Waals surface area contributed by atoms with E-state index in [0.717, 1.165) is 16.3 Å². The number of ether oxygens (including phenoxy) is 1. The number of methoxy groups -OCH3 is 1. The largest absolute Gasteiger partial charge is 0.497 e. The van der Waals surface area contributed by atoms with E-state index in [2.05, 4.69) is 10.6 Å². The number of carbonyl (C=O) groups excluding carboxylic acids is 2. The molecule has 0 bridgehead atoms. The minimum Gasteiger partial charge on any atom is -0.497 e. The number of nitrogens with one attached hydrogen (secondary N) is 2. The Kier molecular flexibility index (Phi) is 6.28. The fourth-order valence-corrected chi connectivity index (χ4v) is 3.33. The summed E-state index contributed by atoms with van der Waals surface area (Å²) in [5.74, 6) is -0.0721. The summed E-state index contributed by atoms with van der Waals surface area (Å²) in [4.78, 5) is 26.0. The van der Waals surface area contributed by atoms with Crippen LogP contribution in [0.4, 0.5) is 5.69 Å². The number of amides is 2. The molecule has 0 aliphatic carbocycles. The maximum absolute atomic E-state index is 13.2. The Hall–Kier alpha value is -4.38. The van der Waals surface area contributed by atoms with Crippen molar-refractivity contribution in [2.45, 2.75) is 0 Å². The van der Waals surface area contributed by atoms with E-state index < -0.39 is 5.91 Å². The molecule has 5 nitrogen and oxygen atoms in total. The zero-order valence-electron chi connectivity index (χ0n) is 17.5. The first-order chi connectivity index (χ1) is 15.6. The van der Waals surface area contributed by atoms with Crippen LogP contribution in [0, 0.1) is 0 Å². The van der Waals surface area contributed by atoms with Crippen molar-refractivity contribution in [3.05, 3.63) is 114 Å². The Morgan fingerprint density at radius 2 is 1.47 bits per heavy atom. The number of hydrogen-bond donors (Lipinski definition) is 2. The lowest BCUT2D eigenvalue weighted by atomic mass is 10.1. The van der Waals surface area contributed by atoms with Gasteiger partial charge in [0.15, 0.2) is 0 Å². The van der Waals surface area contributed by atoms with Gasteiger partial charge in [-0.25, -0.2) is 0 Å². The van der Waals surface area contributed by atoms with Gasteiger partial charge in [-0.1, -0.05) is 66.7 Å². The van der Waals surface area contributed by atoms with E-state index in [-0.39, 0.29) is 11.6 Å². The fourth-order valence-electron chi connectivity index (χ4n) is 3.33. The van der Waals surface area contributed by atoms with Crippen LogP contribution in [0.25, 0.3) is 16.8 Å². The van der Waals surface area contributed by atoms with Crippen molar-refractivity contribution < 1.29 is 14.3 Å². The molecule has 0 radical (unpaired) electrons. The molecule has 2 amide bonds. The molecule has 4 rings (SSSR count). The number of carbonyl (C=O) groups is 2. The first-order valence-electron chi connectivity index (χ1n) is 10.2. The van der Waals surface area contributed by atoms with E-state index in [1.165, 1.54) is 0 Å². The highest BCUT2D eigenvalue weighted by molar-refractivity contribution is 6.13. The summed E-state index contributed by atoms with van der Waals surface area (Å²) in [6.07, 6.45) is 1.64. The standard InChI is InChI=1S/C27H22N2O3/c1-32-22-16-14-19(15-17-22)18-25(29-26(30)21-9-3-2-4-10-21)27(31)28-24-13-7-11-20-8-5-6-12-23(20)24/h2-18H,1H3,(H,28,31)(H,29,30).